The lowest BCUT2D eigenvalue weighted by molar-refractivity contribution is -0.130. The first kappa shape index (κ1) is 19.4. The Bertz CT molecular complexity index is 389. The predicted molar refractivity (Wildman–Crippen MR) is 87.6 cm³/mol. The van der Waals surface area contributed by atoms with Crippen molar-refractivity contribution in [2.75, 3.05) is 20.6 Å². The van der Waals surface area contributed by atoms with E-state index in [-0.39, 0.29) is 19.3 Å². The van der Waals surface area contributed by atoms with Gasteiger partial charge in [-0.1, -0.05) is 27.5 Å². The van der Waals surface area contributed by atoms with E-state index in [0.29, 0.717) is 24.5 Å². The number of carbonyl (C=O) groups excluding carboxylic acids is 2. The van der Waals surface area contributed by atoms with Gasteiger partial charge in [0.25, 0.3) is 0 Å². The second kappa shape index (κ2) is 8.01. The van der Waals surface area contributed by atoms with E-state index in [1.54, 1.807) is 11.9 Å². The molecule has 4 heteroatoms. The predicted octanol–water partition coefficient (Wildman–Crippen LogP) is 3.07. The lowest BCUT2D eigenvalue weighted by Crippen LogP contribution is -2.34. The molecule has 2 aliphatic rings. The zero-order chi connectivity index (χ0) is 15.4. The Labute approximate surface area is 129 Å². The standard InChI is InChI=1S/2C8H13NO.CH4/c1-6-7(2)9(3)5-4-8(6)10;1-6-4-5-8(10)9(3)7(6)2;/h2*6H,2,4-5H2,1,3H3;1H4. The number of Topliss-reactive ketones (excluding diaryl/α,β-unsaturated/α-hetero) is 1. The summed E-state index contributed by atoms with van der Waals surface area (Å²) >= 11 is 0. The minimum absolute atomic E-state index is 0. The molecule has 2 unspecified atom stereocenters. The number of piperidine rings is 2. The molecule has 0 aromatic carbocycles. The van der Waals surface area contributed by atoms with Crippen molar-refractivity contribution in [1.29, 1.82) is 0 Å². The number of allylic oxidation sites excluding steroid dienone is 2. The van der Waals surface area contributed by atoms with E-state index in [4.69, 9.17) is 0 Å². The molecule has 0 bridgehead atoms. The Balaban J connectivity index is 0.000000364. The van der Waals surface area contributed by atoms with E-state index >= 15 is 0 Å². The maximum absolute atomic E-state index is 11.1. The van der Waals surface area contributed by atoms with Gasteiger partial charge in [-0.3, -0.25) is 9.59 Å². The summed E-state index contributed by atoms with van der Waals surface area (Å²) in [4.78, 5) is 25.8. The van der Waals surface area contributed by atoms with Crippen molar-refractivity contribution < 1.29 is 9.59 Å². The van der Waals surface area contributed by atoms with E-state index in [1.165, 1.54) is 0 Å². The molecule has 2 aliphatic heterocycles. The number of carbonyl (C=O) groups is 2. The van der Waals surface area contributed by atoms with Gasteiger partial charge in [-0.2, -0.15) is 0 Å². The highest BCUT2D eigenvalue weighted by molar-refractivity contribution is 5.84. The van der Waals surface area contributed by atoms with Crippen molar-refractivity contribution in [1.82, 2.24) is 9.80 Å². The molecule has 2 atom stereocenters. The summed E-state index contributed by atoms with van der Waals surface area (Å²) in [6, 6.07) is 0. The number of likely N-dealkylation sites (tertiary alicyclic amines) is 2. The fourth-order valence-corrected chi connectivity index (χ4v) is 2.32. The second-order valence-electron chi connectivity index (χ2n) is 5.73. The first-order valence-electron chi connectivity index (χ1n) is 7.13. The molecule has 2 rings (SSSR count). The normalized spacial score (nSPS) is 26.1. The van der Waals surface area contributed by atoms with Gasteiger partial charge in [0.1, 0.15) is 5.78 Å². The van der Waals surface area contributed by atoms with Crippen molar-refractivity contribution in [2.45, 2.75) is 40.5 Å². The minimum atomic E-state index is 0. The topological polar surface area (TPSA) is 40.6 Å². The average molecular weight is 294 g/mol. The van der Waals surface area contributed by atoms with Gasteiger partial charge in [-0.15, -0.1) is 0 Å². The molecule has 2 heterocycles. The number of ketones is 1. The van der Waals surface area contributed by atoms with E-state index in [0.717, 1.165) is 24.4 Å². The zero-order valence-corrected chi connectivity index (χ0v) is 13.1. The fourth-order valence-electron chi connectivity index (χ4n) is 2.32. The third kappa shape index (κ3) is 4.73. The van der Waals surface area contributed by atoms with Gasteiger partial charge < -0.3 is 9.80 Å². The fraction of sp³-hybridized carbons (Fsp3) is 0.647. The quantitative estimate of drug-likeness (QED) is 0.689. The largest absolute Gasteiger partial charge is 0.377 e. The van der Waals surface area contributed by atoms with Crippen LogP contribution in [-0.2, 0) is 9.59 Å². The molecule has 0 aromatic heterocycles. The van der Waals surface area contributed by atoms with E-state index in [2.05, 4.69) is 20.1 Å². The summed E-state index contributed by atoms with van der Waals surface area (Å²) in [5.41, 5.74) is 1.91. The first-order valence-corrected chi connectivity index (χ1v) is 7.13. The third-order valence-corrected chi connectivity index (χ3v) is 4.33. The zero-order valence-electron chi connectivity index (χ0n) is 13.1. The number of amides is 1. The Hall–Kier alpha value is -1.58. The number of hydrogen-bond donors (Lipinski definition) is 0. The van der Waals surface area contributed by atoms with Crippen LogP contribution in [0.4, 0.5) is 0 Å². The summed E-state index contributed by atoms with van der Waals surface area (Å²) in [5, 5.41) is 0. The van der Waals surface area contributed by atoms with Gasteiger partial charge in [-0.25, -0.2) is 0 Å². The lowest BCUT2D eigenvalue weighted by Gasteiger charge is -2.30. The van der Waals surface area contributed by atoms with Crippen LogP contribution in [0, 0.1) is 11.8 Å². The highest BCUT2D eigenvalue weighted by Crippen LogP contribution is 2.24. The molecule has 0 aromatic rings. The number of hydrogen-bond acceptors (Lipinski definition) is 3. The molecule has 2 fully saturated rings. The average Bonchev–Trinajstić information content (AvgIpc) is 2.43. The smallest absolute Gasteiger partial charge is 0.226 e. The van der Waals surface area contributed by atoms with E-state index < -0.39 is 0 Å². The van der Waals surface area contributed by atoms with Crippen LogP contribution in [0.25, 0.3) is 0 Å². The molecule has 4 nitrogen and oxygen atoms in total. The van der Waals surface area contributed by atoms with Crippen molar-refractivity contribution in [2.24, 2.45) is 11.8 Å². The van der Waals surface area contributed by atoms with E-state index in [9.17, 15) is 9.59 Å². The van der Waals surface area contributed by atoms with Crippen LogP contribution in [0.3, 0.4) is 0 Å². The second-order valence-corrected chi connectivity index (χ2v) is 5.73. The maximum atomic E-state index is 11.1. The molecular formula is C17H30N2O2. The summed E-state index contributed by atoms with van der Waals surface area (Å²) in [5.74, 6) is 1.03. The lowest BCUT2D eigenvalue weighted by atomic mass is 9.96. The molecular weight excluding hydrogens is 264 g/mol. The van der Waals surface area contributed by atoms with Crippen LogP contribution in [0.15, 0.2) is 24.6 Å². The molecule has 0 N–H and O–H groups in total. The van der Waals surface area contributed by atoms with Gasteiger partial charge in [0.2, 0.25) is 5.91 Å². The van der Waals surface area contributed by atoms with Crippen LogP contribution >= 0.6 is 0 Å². The van der Waals surface area contributed by atoms with Crippen molar-refractivity contribution >= 4 is 11.7 Å². The van der Waals surface area contributed by atoms with Crippen LogP contribution < -0.4 is 0 Å². The Morgan fingerprint density at radius 3 is 2.10 bits per heavy atom. The van der Waals surface area contributed by atoms with Crippen molar-refractivity contribution in [3.05, 3.63) is 24.6 Å². The van der Waals surface area contributed by atoms with Crippen molar-refractivity contribution in [3.63, 3.8) is 0 Å². The van der Waals surface area contributed by atoms with Gasteiger partial charge in [-0.05, 0) is 19.3 Å². The molecule has 0 saturated carbocycles. The van der Waals surface area contributed by atoms with Gasteiger partial charge in [0, 0.05) is 44.9 Å². The summed E-state index contributed by atoms with van der Waals surface area (Å²) in [6.07, 6.45) is 2.31. The Morgan fingerprint density at radius 2 is 1.62 bits per heavy atom. The van der Waals surface area contributed by atoms with Gasteiger partial charge in [0.05, 0.1) is 5.92 Å². The molecule has 0 spiro atoms. The molecule has 120 valence electrons. The molecule has 21 heavy (non-hydrogen) atoms. The highest BCUT2D eigenvalue weighted by atomic mass is 16.2. The van der Waals surface area contributed by atoms with Gasteiger partial charge in [0.15, 0.2) is 0 Å². The monoisotopic (exact) mass is 294 g/mol. The van der Waals surface area contributed by atoms with Gasteiger partial charge >= 0.3 is 0 Å². The van der Waals surface area contributed by atoms with Crippen LogP contribution in [0.5, 0.6) is 0 Å². The molecule has 0 aliphatic carbocycles. The Kier molecular flexibility index (Phi) is 7.41. The highest BCUT2D eigenvalue weighted by Gasteiger charge is 2.24. The summed E-state index contributed by atoms with van der Waals surface area (Å²) in [7, 11) is 3.77. The number of rotatable bonds is 0. The third-order valence-electron chi connectivity index (χ3n) is 4.33. The van der Waals surface area contributed by atoms with Crippen LogP contribution in [0.1, 0.15) is 40.5 Å². The van der Waals surface area contributed by atoms with Crippen molar-refractivity contribution in [3.8, 4) is 0 Å². The minimum Gasteiger partial charge on any atom is -0.377 e. The molecule has 1 amide bonds. The first-order chi connectivity index (χ1) is 9.25. The van der Waals surface area contributed by atoms with Crippen LogP contribution in [-0.4, -0.2) is 42.1 Å². The Morgan fingerprint density at radius 1 is 1.05 bits per heavy atom. The molecule has 2 saturated heterocycles. The summed E-state index contributed by atoms with van der Waals surface area (Å²) < 4.78 is 0. The van der Waals surface area contributed by atoms with Crippen LogP contribution in [0.2, 0.25) is 0 Å². The number of nitrogens with zero attached hydrogens (tertiary/aromatic N) is 2. The molecule has 0 radical (unpaired) electrons. The SMILES string of the molecule is C.C=C1C(C)C(=O)CCN1C.C=C1C(C)CCC(=O)N1C. The van der Waals surface area contributed by atoms with E-state index in [1.807, 2.05) is 18.9 Å². The summed E-state index contributed by atoms with van der Waals surface area (Å²) in [6.45, 7) is 12.5. The maximum Gasteiger partial charge on any atom is 0.226 e.